The molecule has 4 unspecified atom stereocenters. The number of ether oxygens (including phenoxy) is 4. The van der Waals surface area contributed by atoms with Gasteiger partial charge in [0.1, 0.15) is 50.8 Å². The molecule has 4 N–H and O–H groups in total. The SMILES string of the molecule is CCCCC(CCCC)CCCCCCC(=O)OCC(O)CN1CCCN(CC(O)COC(=O)CCCCCCC(CCCC)CCCC)CCN(CC(O)COC(=O)CCCCCCC(CCCC)CCCC)CCCN(CC(O)COC=O)CC1. The first kappa shape index (κ1) is 82.6. The first-order chi connectivity index (χ1) is 42.3. The van der Waals surface area contributed by atoms with Crippen LogP contribution in [0.4, 0.5) is 0 Å². The van der Waals surface area contributed by atoms with Crippen LogP contribution in [0.1, 0.15) is 286 Å². The maximum absolute atomic E-state index is 12.9. The summed E-state index contributed by atoms with van der Waals surface area (Å²) in [4.78, 5) is 58.3. The van der Waals surface area contributed by atoms with Crippen LogP contribution >= 0.6 is 0 Å². The van der Waals surface area contributed by atoms with Gasteiger partial charge in [0.15, 0.2) is 0 Å². The molecule has 0 aromatic rings. The van der Waals surface area contributed by atoms with Crippen LogP contribution in [-0.4, -0.2) is 194 Å². The Morgan fingerprint density at radius 2 is 0.563 bits per heavy atom. The molecule has 0 aromatic heterocycles. The Morgan fingerprint density at radius 3 is 0.805 bits per heavy atom. The third kappa shape index (κ3) is 49.9. The second kappa shape index (κ2) is 58.6. The molecule has 1 aliphatic heterocycles. The molecule has 0 amide bonds. The molecule has 1 rings (SSSR count). The molecule has 0 saturated carbocycles. The highest BCUT2D eigenvalue weighted by Gasteiger charge is 2.23. The van der Waals surface area contributed by atoms with E-state index in [2.05, 4.69) is 61.1 Å². The zero-order valence-corrected chi connectivity index (χ0v) is 57.1. The van der Waals surface area contributed by atoms with Gasteiger partial charge in [-0.2, -0.15) is 0 Å². The fraction of sp³-hybridized carbons (Fsp3) is 0.944. The van der Waals surface area contributed by atoms with E-state index in [1.165, 1.54) is 154 Å². The van der Waals surface area contributed by atoms with Gasteiger partial charge >= 0.3 is 17.9 Å². The van der Waals surface area contributed by atoms with E-state index in [9.17, 15) is 39.6 Å². The Balaban J connectivity index is 3.04. The van der Waals surface area contributed by atoms with Crippen molar-refractivity contribution in [1.82, 2.24) is 19.6 Å². The number of rotatable bonds is 56. The zero-order valence-electron chi connectivity index (χ0n) is 57.1. The number of nitrogens with zero attached hydrogens (tertiary/aromatic N) is 4. The predicted molar refractivity (Wildman–Crippen MR) is 355 cm³/mol. The standard InChI is InChI=1S/C71H138N4O12/c1-7-13-33-62(34-14-8-2)39-25-19-22-28-42-69(81)85-58-66(78)54-73-47-32-48-75(56-68(80)60-87-71(83)44-30-24-21-27-41-64(37-17-11-5)38-18-12-6)52-51-74(46-31-45-72(49-50-73)53-65(77)57-84-61-76)55-67(79)59-86-70(82)43-29-23-20-26-40-63(35-15-9-3)36-16-10-4/h61-68,77-80H,7-60H2,1-6H3. The van der Waals surface area contributed by atoms with Gasteiger partial charge in [0, 0.05) is 71.6 Å². The summed E-state index contributed by atoms with van der Waals surface area (Å²) in [7, 11) is 0. The van der Waals surface area contributed by atoms with Gasteiger partial charge in [-0.1, -0.05) is 234 Å². The molecule has 87 heavy (non-hydrogen) atoms. The maximum Gasteiger partial charge on any atom is 0.305 e. The quantitative estimate of drug-likeness (QED) is 0.0194. The van der Waals surface area contributed by atoms with Crippen molar-refractivity contribution in [3.63, 3.8) is 0 Å². The lowest BCUT2D eigenvalue weighted by molar-refractivity contribution is -0.148. The minimum atomic E-state index is -0.919. The number of aliphatic hydroxyl groups excluding tert-OH is 4. The van der Waals surface area contributed by atoms with Crippen LogP contribution < -0.4 is 0 Å². The van der Waals surface area contributed by atoms with Gasteiger partial charge in [-0.05, 0) is 76.0 Å². The summed E-state index contributed by atoms with van der Waals surface area (Å²) in [5, 5.41) is 44.9. The van der Waals surface area contributed by atoms with Crippen LogP contribution in [0.15, 0.2) is 0 Å². The van der Waals surface area contributed by atoms with Gasteiger partial charge in [0.2, 0.25) is 0 Å². The normalized spacial score (nSPS) is 16.2. The molecule has 0 aliphatic carbocycles. The van der Waals surface area contributed by atoms with Crippen LogP contribution in [-0.2, 0) is 38.1 Å². The molecular formula is C71H138N4O12. The van der Waals surface area contributed by atoms with Gasteiger partial charge in [-0.15, -0.1) is 0 Å². The Morgan fingerprint density at radius 1 is 0.333 bits per heavy atom. The van der Waals surface area contributed by atoms with E-state index >= 15 is 0 Å². The summed E-state index contributed by atoms with van der Waals surface area (Å²) in [6.45, 7) is 19.0. The Bertz CT molecular complexity index is 1560. The molecule has 16 nitrogen and oxygen atoms in total. The van der Waals surface area contributed by atoms with Crippen LogP contribution in [0.25, 0.3) is 0 Å². The molecule has 4 atom stereocenters. The molecule has 1 saturated heterocycles. The number of carbonyl (C=O) groups excluding carboxylic acids is 4. The Hall–Kier alpha value is -2.44. The molecule has 1 fully saturated rings. The van der Waals surface area contributed by atoms with Crippen LogP contribution in [0.3, 0.4) is 0 Å². The summed E-state index contributed by atoms with van der Waals surface area (Å²) in [6, 6.07) is 0. The smallest absolute Gasteiger partial charge is 0.305 e. The average Bonchev–Trinajstić information content (AvgIpc) is 3.61. The summed E-state index contributed by atoms with van der Waals surface area (Å²) >= 11 is 0. The van der Waals surface area contributed by atoms with Crippen molar-refractivity contribution < 1.29 is 58.6 Å². The number of unbranched alkanes of at least 4 members (excludes halogenated alkanes) is 15. The largest absolute Gasteiger partial charge is 0.465 e. The van der Waals surface area contributed by atoms with E-state index < -0.39 is 24.4 Å². The van der Waals surface area contributed by atoms with Crippen molar-refractivity contribution >= 4 is 24.4 Å². The van der Waals surface area contributed by atoms with Crippen molar-refractivity contribution in [3.05, 3.63) is 0 Å². The second-order valence-corrected chi connectivity index (χ2v) is 26.3. The summed E-state index contributed by atoms with van der Waals surface area (Å²) in [6.07, 6.45) is 37.8. The van der Waals surface area contributed by atoms with Gasteiger partial charge < -0.3 is 39.4 Å². The lowest BCUT2D eigenvalue weighted by atomic mass is 9.90. The monoisotopic (exact) mass is 1240 g/mol. The molecule has 16 heteroatoms. The van der Waals surface area contributed by atoms with E-state index in [-0.39, 0.29) is 70.5 Å². The van der Waals surface area contributed by atoms with Gasteiger partial charge in [0.25, 0.3) is 6.47 Å². The molecule has 514 valence electrons. The Kier molecular flexibility index (Phi) is 55.6. The van der Waals surface area contributed by atoms with Crippen molar-refractivity contribution in [2.45, 2.75) is 310 Å². The highest BCUT2D eigenvalue weighted by Crippen LogP contribution is 2.26. The number of esters is 3. The molecule has 0 radical (unpaired) electrons. The first-order valence-electron chi connectivity index (χ1n) is 36.4. The summed E-state index contributed by atoms with van der Waals surface area (Å²) in [5.41, 5.74) is 0. The van der Waals surface area contributed by atoms with Crippen LogP contribution in [0, 0.1) is 17.8 Å². The van der Waals surface area contributed by atoms with Crippen LogP contribution in [0.5, 0.6) is 0 Å². The summed E-state index contributed by atoms with van der Waals surface area (Å²) in [5.74, 6) is 1.55. The van der Waals surface area contributed by atoms with Crippen molar-refractivity contribution in [1.29, 1.82) is 0 Å². The summed E-state index contributed by atoms with van der Waals surface area (Å²) < 4.78 is 21.8. The highest BCUT2D eigenvalue weighted by atomic mass is 16.6. The highest BCUT2D eigenvalue weighted by molar-refractivity contribution is 5.70. The second-order valence-electron chi connectivity index (χ2n) is 26.3. The van der Waals surface area contributed by atoms with Gasteiger partial charge in [-0.25, -0.2) is 0 Å². The fourth-order valence-corrected chi connectivity index (χ4v) is 12.5. The predicted octanol–water partition coefficient (Wildman–Crippen LogP) is 13.2. The lowest BCUT2D eigenvalue weighted by Gasteiger charge is -2.34. The van der Waals surface area contributed by atoms with Crippen LogP contribution in [0.2, 0.25) is 0 Å². The van der Waals surface area contributed by atoms with Crippen molar-refractivity contribution in [2.75, 3.05) is 105 Å². The van der Waals surface area contributed by atoms with E-state index in [4.69, 9.17) is 18.9 Å². The third-order valence-electron chi connectivity index (χ3n) is 17.9. The van der Waals surface area contributed by atoms with E-state index in [1.54, 1.807) is 0 Å². The minimum absolute atomic E-state index is 0.104. The molecular weight excluding hydrogens is 1100 g/mol. The number of hydrogen-bond donors (Lipinski definition) is 4. The Labute approximate surface area is 533 Å². The van der Waals surface area contributed by atoms with Gasteiger partial charge in [-0.3, -0.25) is 38.8 Å². The minimum Gasteiger partial charge on any atom is -0.465 e. The number of aliphatic hydroxyl groups is 4. The fourth-order valence-electron chi connectivity index (χ4n) is 12.5. The number of β-amino-alcohol motifs (C(OH)–C–C–N with tert-alkyl or cyclic N) is 4. The molecule has 1 heterocycles. The van der Waals surface area contributed by atoms with Gasteiger partial charge in [0.05, 0.1) is 0 Å². The third-order valence-corrected chi connectivity index (χ3v) is 17.9. The number of hydrogen-bond acceptors (Lipinski definition) is 16. The molecule has 0 spiro atoms. The van der Waals surface area contributed by atoms with E-state index in [0.717, 1.165) is 75.5 Å². The maximum atomic E-state index is 12.9. The van der Waals surface area contributed by atoms with Crippen molar-refractivity contribution in [2.24, 2.45) is 17.8 Å². The molecule has 0 bridgehead atoms. The first-order valence-corrected chi connectivity index (χ1v) is 36.4. The average molecular weight is 1240 g/mol. The van der Waals surface area contributed by atoms with E-state index in [1.807, 2.05) is 0 Å². The van der Waals surface area contributed by atoms with E-state index in [0.29, 0.717) is 90.9 Å². The van der Waals surface area contributed by atoms with Crippen molar-refractivity contribution in [3.8, 4) is 0 Å². The molecule has 1 aliphatic rings. The lowest BCUT2D eigenvalue weighted by Crippen LogP contribution is -2.47. The molecule has 0 aromatic carbocycles. The number of carbonyl (C=O) groups is 4. The topological polar surface area (TPSA) is 199 Å². The zero-order chi connectivity index (χ0) is 63.8.